The molecule has 0 bridgehead atoms. The van der Waals surface area contributed by atoms with Crippen LogP contribution in [0.15, 0.2) is 18.3 Å². The molecule has 3 heteroatoms. The van der Waals surface area contributed by atoms with Crippen LogP contribution in [0.5, 0.6) is 0 Å². The summed E-state index contributed by atoms with van der Waals surface area (Å²) in [6.45, 7) is 11.9. The summed E-state index contributed by atoms with van der Waals surface area (Å²) in [6.07, 6.45) is 3.01. The van der Waals surface area contributed by atoms with Gasteiger partial charge in [-0.2, -0.15) is 5.10 Å². The van der Waals surface area contributed by atoms with E-state index in [1.807, 2.05) is 17.9 Å². The second-order valence-corrected chi connectivity index (χ2v) is 6.00. The first-order valence-electron chi connectivity index (χ1n) is 7.72. The standard InChI is InChI=1S/C18H27N3/c1-7-19-18(17-11-20-21(6)15(17)5)10-16-13(3)8-12(2)9-14(16)4/h8-9,11,18-19H,7,10H2,1-6H3. The monoisotopic (exact) mass is 285 g/mol. The molecule has 0 spiro atoms. The molecule has 1 unspecified atom stereocenters. The number of hydrogen-bond donors (Lipinski definition) is 1. The van der Waals surface area contributed by atoms with Crippen LogP contribution in [0.25, 0.3) is 0 Å². The van der Waals surface area contributed by atoms with E-state index in [1.54, 1.807) is 0 Å². The van der Waals surface area contributed by atoms with Crippen molar-refractivity contribution in [1.82, 2.24) is 15.1 Å². The predicted octanol–water partition coefficient (Wildman–Crippen LogP) is 3.55. The van der Waals surface area contributed by atoms with Crippen LogP contribution in [-0.2, 0) is 13.5 Å². The van der Waals surface area contributed by atoms with Gasteiger partial charge in [-0.1, -0.05) is 24.6 Å². The largest absolute Gasteiger partial charge is 0.310 e. The first-order valence-corrected chi connectivity index (χ1v) is 7.72. The topological polar surface area (TPSA) is 29.9 Å². The fourth-order valence-corrected chi connectivity index (χ4v) is 3.13. The molecule has 2 rings (SSSR count). The van der Waals surface area contributed by atoms with Gasteiger partial charge in [0.1, 0.15) is 0 Å². The molecule has 2 aromatic rings. The molecule has 0 saturated heterocycles. The predicted molar refractivity (Wildman–Crippen MR) is 88.7 cm³/mol. The van der Waals surface area contributed by atoms with Gasteiger partial charge < -0.3 is 5.32 Å². The summed E-state index contributed by atoms with van der Waals surface area (Å²) in [7, 11) is 2.00. The molecule has 114 valence electrons. The number of likely N-dealkylation sites (N-methyl/N-ethyl adjacent to an activating group) is 1. The number of rotatable bonds is 5. The highest BCUT2D eigenvalue weighted by Gasteiger charge is 2.18. The van der Waals surface area contributed by atoms with E-state index in [2.05, 4.69) is 57.2 Å². The molecular weight excluding hydrogens is 258 g/mol. The van der Waals surface area contributed by atoms with E-state index in [-0.39, 0.29) is 0 Å². The molecule has 3 nitrogen and oxygen atoms in total. The molecule has 1 atom stereocenters. The number of nitrogens with zero attached hydrogens (tertiary/aromatic N) is 2. The third-order valence-corrected chi connectivity index (χ3v) is 4.35. The third-order valence-electron chi connectivity index (χ3n) is 4.35. The summed E-state index contributed by atoms with van der Waals surface area (Å²) in [5.74, 6) is 0. The molecule has 0 saturated carbocycles. The molecule has 0 aliphatic heterocycles. The van der Waals surface area contributed by atoms with Gasteiger partial charge in [-0.25, -0.2) is 0 Å². The number of benzene rings is 1. The lowest BCUT2D eigenvalue weighted by molar-refractivity contribution is 0.544. The van der Waals surface area contributed by atoms with Crippen LogP contribution in [0, 0.1) is 27.7 Å². The zero-order chi connectivity index (χ0) is 15.6. The van der Waals surface area contributed by atoms with E-state index < -0.39 is 0 Å². The molecular formula is C18H27N3. The normalized spacial score (nSPS) is 12.7. The Hall–Kier alpha value is -1.61. The van der Waals surface area contributed by atoms with Gasteiger partial charge in [0.25, 0.3) is 0 Å². The Bertz CT molecular complexity index is 602. The minimum Gasteiger partial charge on any atom is -0.310 e. The Balaban J connectivity index is 2.35. The van der Waals surface area contributed by atoms with Gasteiger partial charge in [0, 0.05) is 24.3 Å². The van der Waals surface area contributed by atoms with Crippen molar-refractivity contribution in [2.45, 2.75) is 47.1 Å². The SMILES string of the molecule is CCNC(Cc1c(C)cc(C)cc1C)c1cnn(C)c1C. The van der Waals surface area contributed by atoms with E-state index in [4.69, 9.17) is 0 Å². The molecule has 1 N–H and O–H groups in total. The Kier molecular flexibility index (Phi) is 4.84. The van der Waals surface area contributed by atoms with Crippen LogP contribution in [0.4, 0.5) is 0 Å². The Labute approximate surface area is 128 Å². The maximum Gasteiger partial charge on any atom is 0.0540 e. The summed E-state index contributed by atoms with van der Waals surface area (Å²) in [6, 6.07) is 4.88. The molecule has 0 aliphatic rings. The van der Waals surface area contributed by atoms with Crippen molar-refractivity contribution in [3.05, 3.63) is 51.8 Å². The van der Waals surface area contributed by atoms with Gasteiger partial charge in [0.15, 0.2) is 0 Å². The molecule has 0 radical (unpaired) electrons. The second-order valence-electron chi connectivity index (χ2n) is 6.00. The van der Waals surface area contributed by atoms with Crippen molar-refractivity contribution >= 4 is 0 Å². The van der Waals surface area contributed by atoms with Crippen LogP contribution in [0.2, 0.25) is 0 Å². The lowest BCUT2D eigenvalue weighted by atomic mass is 9.92. The van der Waals surface area contributed by atoms with Gasteiger partial charge in [-0.15, -0.1) is 0 Å². The highest BCUT2D eigenvalue weighted by atomic mass is 15.3. The number of aryl methyl sites for hydroxylation is 4. The highest BCUT2D eigenvalue weighted by molar-refractivity contribution is 5.39. The Morgan fingerprint density at radius 3 is 2.24 bits per heavy atom. The van der Waals surface area contributed by atoms with E-state index in [0.29, 0.717) is 6.04 Å². The highest BCUT2D eigenvalue weighted by Crippen LogP contribution is 2.25. The molecule has 0 fully saturated rings. The summed E-state index contributed by atoms with van der Waals surface area (Å²) in [5.41, 5.74) is 8.11. The molecule has 1 heterocycles. The summed E-state index contributed by atoms with van der Waals surface area (Å²) in [4.78, 5) is 0. The minimum atomic E-state index is 0.323. The van der Waals surface area contributed by atoms with Gasteiger partial charge in [0.2, 0.25) is 0 Å². The van der Waals surface area contributed by atoms with E-state index >= 15 is 0 Å². The van der Waals surface area contributed by atoms with E-state index in [0.717, 1.165) is 13.0 Å². The fourth-order valence-electron chi connectivity index (χ4n) is 3.13. The first-order chi connectivity index (χ1) is 9.93. The Morgan fingerprint density at radius 1 is 1.14 bits per heavy atom. The molecule has 1 aromatic heterocycles. The number of hydrogen-bond acceptors (Lipinski definition) is 2. The minimum absolute atomic E-state index is 0.323. The van der Waals surface area contributed by atoms with Crippen molar-refractivity contribution in [3.8, 4) is 0 Å². The zero-order valence-electron chi connectivity index (χ0n) is 14.1. The molecule has 1 aromatic carbocycles. The van der Waals surface area contributed by atoms with Gasteiger partial charge in [-0.3, -0.25) is 4.68 Å². The quantitative estimate of drug-likeness (QED) is 0.910. The first kappa shape index (κ1) is 15.8. The second kappa shape index (κ2) is 6.44. The van der Waals surface area contributed by atoms with Crippen molar-refractivity contribution in [2.24, 2.45) is 7.05 Å². The lowest BCUT2D eigenvalue weighted by Gasteiger charge is -2.21. The van der Waals surface area contributed by atoms with Gasteiger partial charge in [0.05, 0.1) is 6.20 Å². The molecule has 0 aliphatic carbocycles. The van der Waals surface area contributed by atoms with Crippen LogP contribution >= 0.6 is 0 Å². The Morgan fingerprint density at radius 2 is 1.76 bits per heavy atom. The summed E-state index contributed by atoms with van der Waals surface area (Å²) >= 11 is 0. The number of nitrogens with one attached hydrogen (secondary N) is 1. The van der Waals surface area contributed by atoms with Gasteiger partial charge >= 0.3 is 0 Å². The van der Waals surface area contributed by atoms with Crippen LogP contribution < -0.4 is 5.32 Å². The average Bonchev–Trinajstić information content (AvgIpc) is 2.73. The molecule has 21 heavy (non-hydrogen) atoms. The average molecular weight is 285 g/mol. The van der Waals surface area contributed by atoms with Crippen molar-refractivity contribution in [1.29, 1.82) is 0 Å². The molecule has 0 amide bonds. The van der Waals surface area contributed by atoms with E-state index in [9.17, 15) is 0 Å². The van der Waals surface area contributed by atoms with Crippen molar-refractivity contribution in [2.75, 3.05) is 6.54 Å². The third kappa shape index (κ3) is 3.35. The van der Waals surface area contributed by atoms with E-state index in [1.165, 1.54) is 33.5 Å². The van der Waals surface area contributed by atoms with Crippen LogP contribution in [0.3, 0.4) is 0 Å². The smallest absolute Gasteiger partial charge is 0.0540 e. The number of aromatic nitrogens is 2. The summed E-state index contributed by atoms with van der Waals surface area (Å²) in [5, 5.41) is 8.01. The maximum absolute atomic E-state index is 4.40. The lowest BCUT2D eigenvalue weighted by Crippen LogP contribution is -2.24. The maximum atomic E-state index is 4.40. The summed E-state index contributed by atoms with van der Waals surface area (Å²) < 4.78 is 1.95. The zero-order valence-corrected chi connectivity index (χ0v) is 14.1. The van der Waals surface area contributed by atoms with Crippen molar-refractivity contribution < 1.29 is 0 Å². The van der Waals surface area contributed by atoms with Crippen LogP contribution in [-0.4, -0.2) is 16.3 Å². The van der Waals surface area contributed by atoms with Gasteiger partial charge in [-0.05, 0) is 57.4 Å². The van der Waals surface area contributed by atoms with Crippen molar-refractivity contribution in [3.63, 3.8) is 0 Å². The van der Waals surface area contributed by atoms with Crippen LogP contribution in [0.1, 0.15) is 46.5 Å². The fraction of sp³-hybridized carbons (Fsp3) is 0.500.